The molecule has 0 unspecified atom stereocenters. The Bertz CT molecular complexity index is 1420. The molecule has 4 aromatic rings. The van der Waals surface area contributed by atoms with Crippen LogP contribution in [0.2, 0.25) is 0 Å². The van der Waals surface area contributed by atoms with Crippen LogP contribution in [0.15, 0.2) is 54.9 Å². The predicted octanol–water partition coefficient (Wildman–Crippen LogP) is 3.61. The summed E-state index contributed by atoms with van der Waals surface area (Å²) < 4.78 is 2.13. The lowest BCUT2D eigenvalue weighted by Crippen LogP contribution is -2.26. The molecule has 4 N–H and O–H groups in total. The van der Waals surface area contributed by atoms with E-state index in [-0.39, 0.29) is 0 Å². The summed E-state index contributed by atoms with van der Waals surface area (Å²) in [5.74, 6) is -0.787. The number of para-hydroxylation sites is 1. The van der Waals surface area contributed by atoms with E-state index in [0.29, 0.717) is 28.0 Å². The largest absolute Gasteiger partial charge is 0.398 e. The molecule has 0 fully saturated rings. The number of benzene rings is 2. The molecule has 0 radical (unpaired) electrons. The van der Waals surface area contributed by atoms with Crippen LogP contribution in [0.5, 0.6) is 0 Å². The Balaban J connectivity index is 1.73. The van der Waals surface area contributed by atoms with Crippen molar-refractivity contribution in [2.45, 2.75) is 20.4 Å². The first-order valence-electron chi connectivity index (χ1n) is 11.3. The standard InChI is InChI=1S/C26H27N5O2/c1-3-30(4-2)12-13-31-15-18(22-19(27)9-7-11-21(22)31)24-23(25(32)29-26(24)33)17-14-28-20-10-6-5-8-16(17)20/h5-11,14-15,28H,3-4,12-13,27H2,1-2H3,(H,29,32,33). The van der Waals surface area contributed by atoms with Crippen molar-refractivity contribution in [1.82, 2.24) is 19.8 Å². The molecule has 2 amide bonds. The summed E-state index contributed by atoms with van der Waals surface area (Å²) in [5, 5.41) is 4.20. The normalized spacial score (nSPS) is 14.3. The minimum atomic E-state index is -0.397. The number of amides is 2. The summed E-state index contributed by atoms with van der Waals surface area (Å²) in [7, 11) is 0. The second-order valence-corrected chi connectivity index (χ2v) is 8.29. The third kappa shape index (κ3) is 3.41. The molecule has 1 aliphatic heterocycles. The van der Waals surface area contributed by atoms with Crippen LogP contribution in [-0.4, -0.2) is 45.9 Å². The van der Waals surface area contributed by atoms with Gasteiger partial charge in [0.25, 0.3) is 11.8 Å². The Morgan fingerprint density at radius 3 is 2.42 bits per heavy atom. The summed E-state index contributed by atoms with van der Waals surface area (Å²) in [4.78, 5) is 31.6. The van der Waals surface area contributed by atoms with Gasteiger partial charge in [-0.15, -0.1) is 0 Å². The number of carbonyl (C=O) groups is 2. The number of nitrogens with two attached hydrogens (primary N) is 1. The SMILES string of the molecule is CCN(CC)CCn1cc(C2=C(c3c[nH]c4ccccc34)C(=O)NC2=O)c2c(N)cccc21. The number of rotatable bonds is 7. The van der Waals surface area contributed by atoms with Crippen LogP contribution in [0.4, 0.5) is 5.69 Å². The highest BCUT2D eigenvalue weighted by Crippen LogP contribution is 2.39. The maximum Gasteiger partial charge on any atom is 0.259 e. The van der Waals surface area contributed by atoms with Gasteiger partial charge in [0, 0.05) is 58.6 Å². The summed E-state index contributed by atoms with van der Waals surface area (Å²) in [6.07, 6.45) is 3.76. The lowest BCUT2D eigenvalue weighted by Gasteiger charge is -2.18. The van der Waals surface area contributed by atoms with Crippen molar-refractivity contribution in [3.63, 3.8) is 0 Å². The predicted molar refractivity (Wildman–Crippen MR) is 132 cm³/mol. The summed E-state index contributed by atoms with van der Waals surface area (Å²) in [6.45, 7) is 7.87. The minimum Gasteiger partial charge on any atom is -0.398 e. The van der Waals surface area contributed by atoms with Crippen molar-refractivity contribution in [3.05, 3.63) is 66.0 Å². The van der Waals surface area contributed by atoms with Crippen molar-refractivity contribution >= 4 is 50.5 Å². The van der Waals surface area contributed by atoms with Gasteiger partial charge in [0.1, 0.15) is 0 Å². The smallest absolute Gasteiger partial charge is 0.259 e. The lowest BCUT2D eigenvalue weighted by molar-refractivity contribution is -0.122. The van der Waals surface area contributed by atoms with Gasteiger partial charge in [0.05, 0.1) is 16.7 Å². The quantitative estimate of drug-likeness (QED) is 0.302. The minimum absolute atomic E-state index is 0.370. The summed E-state index contributed by atoms with van der Waals surface area (Å²) >= 11 is 0. The molecule has 0 atom stereocenters. The average molecular weight is 442 g/mol. The van der Waals surface area contributed by atoms with Crippen molar-refractivity contribution in [1.29, 1.82) is 0 Å². The van der Waals surface area contributed by atoms with Gasteiger partial charge in [-0.3, -0.25) is 14.9 Å². The van der Waals surface area contributed by atoms with Crippen LogP contribution in [0.25, 0.3) is 33.0 Å². The second-order valence-electron chi connectivity index (χ2n) is 8.29. The maximum atomic E-state index is 13.1. The summed E-state index contributed by atoms with van der Waals surface area (Å²) in [6, 6.07) is 13.5. The molecule has 0 saturated carbocycles. The van der Waals surface area contributed by atoms with Crippen LogP contribution in [0.3, 0.4) is 0 Å². The maximum absolute atomic E-state index is 13.1. The number of aromatic nitrogens is 2. The topological polar surface area (TPSA) is 96.1 Å². The van der Waals surface area contributed by atoms with Crippen molar-refractivity contribution < 1.29 is 9.59 Å². The first-order valence-corrected chi connectivity index (χ1v) is 11.3. The van der Waals surface area contributed by atoms with E-state index in [9.17, 15) is 9.59 Å². The molecule has 7 nitrogen and oxygen atoms in total. The molecule has 2 aromatic heterocycles. The number of nitrogen functional groups attached to an aromatic ring is 1. The fourth-order valence-electron chi connectivity index (χ4n) is 4.79. The van der Waals surface area contributed by atoms with Crippen LogP contribution < -0.4 is 11.1 Å². The molecule has 5 rings (SSSR count). The number of likely N-dealkylation sites (N-methyl/N-ethyl adjacent to an activating group) is 1. The fourth-order valence-corrected chi connectivity index (χ4v) is 4.79. The first kappa shape index (κ1) is 21.0. The molecule has 0 bridgehead atoms. The van der Waals surface area contributed by atoms with Gasteiger partial charge in [0.2, 0.25) is 0 Å². The number of carbonyl (C=O) groups excluding carboxylic acids is 2. The molecule has 7 heteroatoms. The molecule has 0 aliphatic carbocycles. The monoisotopic (exact) mass is 441 g/mol. The van der Waals surface area contributed by atoms with E-state index in [1.807, 2.05) is 48.7 Å². The third-order valence-corrected chi connectivity index (χ3v) is 6.55. The van der Waals surface area contributed by atoms with Crippen LogP contribution in [0, 0.1) is 0 Å². The van der Waals surface area contributed by atoms with Gasteiger partial charge in [-0.25, -0.2) is 0 Å². The van der Waals surface area contributed by atoms with E-state index in [4.69, 9.17) is 5.73 Å². The molecule has 2 aromatic carbocycles. The van der Waals surface area contributed by atoms with Crippen molar-refractivity contribution in [2.24, 2.45) is 0 Å². The molecular weight excluding hydrogens is 414 g/mol. The fraction of sp³-hybridized carbons (Fsp3) is 0.231. The van der Waals surface area contributed by atoms with Gasteiger partial charge >= 0.3 is 0 Å². The van der Waals surface area contributed by atoms with Gasteiger partial charge in [-0.2, -0.15) is 0 Å². The number of hydrogen-bond donors (Lipinski definition) is 3. The molecule has 168 valence electrons. The Morgan fingerprint density at radius 1 is 0.939 bits per heavy atom. The molecular formula is C26H27N5O2. The highest BCUT2D eigenvalue weighted by molar-refractivity contribution is 6.51. The Morgan fingerprint density at radius 2 is 1.67 bits per heavy atom. The van der Waals surface area contributed by atoms with Crippen molar-refractivity contribution in [3.8, 4) is 0 Å². The highest BCUT2D eigenvalue weighted by Gasteiger charge is 2.35. The van der Waals surface area contributed by atoms with Gasteiger partial charge in [-0.1, -0.05) is 38.1 Å². The number of hydrogen-bond acceptors (Lipinski definition) is 4. The van der Waals surface area contributed by atoms with Crippen molar-refractivity contribution in [2.75, 3.05) is 25.4 Å². The van der Waals surface area contributed by atoms with Crippen LogP contribution >= 0.6 is 0 Å². The molecule has 33 heavy (non-hydrogen) atoms. The lowest BCUT2D eigenvalue weighted by atomic mass is 9.95. The zero-order chi connectivity index (χ0) is 23.1. The molecule has 1 aliphatic rings. The number of nitrogens with one attached hydrogen (secondary N) is 2. The first-order chi connectivity index (χ1) is 16.0. The van der Waals surface area contributed by atoms with E-state index < -0.39 is 11.8 Å². The number of anilines is 1. The number of nitrogens with zero attached hydrogens (tertiary/aromatic N) is 2. The summed E-state index contributed by atoms with van der Waals surface area (Å²) in [5.41, 5.74) is 11.0. The number of H-pyrrole nitrogens is 1. The van der Waals surface area contributed by atoms with E-state index >= 15 is 0 Å². The van der Waals surface area contributed by atoms with E-state index in [1.165, 1.54) is 0 Å². The zero-order valence-electron chi connectivity index (χ0n) is 18.8. The van der Waals surface area contributed by atoms with E-state index in [0.717, 1.165) is 48.0 Å². The number of imide groups is 1. The molecule has 3 heterocycles. The van der Waals surface area contributed by atoms with Crippen LogP contribution in [-0.2, 0) is 16.1 Å². The Hall–Kier alpha value is -3.84. The highest BCUT2D eigenvalue weighted by atomic mass is 16.2. The average Bonchev–Trinajstić information content (AvgIpc) is 3.48. The number of aromatic amines is 1. The number of fused-ring (bicyclic) bond motifs is 2. The molecule has 0 spiro atoms. The Labute approximate surface area is 191 Å². The zero-order valence-corrected chi connectivity index (χ0v) is 18.8. The van der Waals surface area contributed by atoms with Gasteiger partial charge in [-0.05, 0) is 31.3 Å². The van der Waals surface area contributed by atoms with E-state index in [1.54, 1.807) is 6.20 Å². The Kier molecular flexibility index (Phi) is 5.26. The van der Waals surface area contributed by atoms with Gasteiger partial charge < -0.3 is 20.2 Å². The van der Waals surface area contributed by atoms with Gasteiger partial charge in [0.15, 0.2) is 0 Å². The van der Waals surface area contributed by atoms with Crippen LogP contribution in [0.1, 0.15) is 25.0 Å². The van der Waals surface area contributed by atoms with E-state index in [2.05, 4.69) is 33.6 Å². The second kappa shape index (κ2) is 8.26. The molecule has 0 saturated heterocycles. The third-order valence-electron chi connectivity index (χ3n) is 6.55.